The molecule has 0 fully saturated rings. The number of phenolic OH excluding ortho intramolecular Hbond substituents is 2. The molecule has 44 heavy (non-hydrogen) atoms. The highest BCUT2D eigenvalue weighted by atomic mass is 16.3. The van der Waals surface area contributed by atoms with Gasteiger partial charge in [0.05, 0.1) is 5.69 Å². The van der Waals surface area contributed by atoms with E-state index in [0.29, 0.717) is 0 Å². The molecule has 0 aliphatic carbocycles. The summed E-state index contributed by atoms with van der Waals surface area (Å²) in [5, 5.41) is 28.0. The van der Waals surface area contributed by atoms with Gasteiger partial charge in [-0.1, -0.05) is 115 Å². The normalized spacial score (nSPS) is 11.4. The third kappa shape index (κ3) is 4.34. The Balaban J connectivity index is 1.42. The number of hydrogen-bond donors (Lipinski definition) is 2. The molecule has 0 unspecified atom stereocenters. The highest BCUT2D eigenvalue weighted by Gasteiger charge is 2.17. The molecule has 0 radical (unpaired) electrons. The molecule has 0 bridgehead atoms. The van der Waals surface area contributed by atoms with Crippen molar-refractivity contribution in [3.63, 3.8) is 0 Å². The smallest absolute Gasteiger partial charge is 0.119 e. The summed E-state index contributed by atoms with van der Waals surface area (Å²) in [6, 6.07) is 49.2. The zero-order valence-electron chi connectivity index (χ0n) is 23.8. The second-order valence-corrected chi connectivity index (χ2v) is 11.1. The lowest BCUT2D eigenvalue weighted by Gasteiger charge is -2.17. The molecule has 1 heterocycles. The maximum absolute atomic E-state index is 10.3. The first-order valence-corrected chi connectivity index (χ1v) is 14.7. The van der Waals surface area contributed by atoms with Crippen LogP contribution in [0.3, 0.4) is 0 Å². The summed E-state index contributed by atoms with van der Waals surface area (Å²) in [6.07, 6.45) is 1.95. The average Bonchev–Trinajstić information content (AvgIpc) is 3.08. The van der Waals surface area contributed by atoms with E-state index in [1.807, 2.05) is 42.6 Å². The quantitative estimate of drug-likeness (QED) is 0.209. The molecule has 0 amide bonds. The van der Waals surface area contributed by atoms with Gasteiger partial charge in [0, 0.05) is 23.4 Å². The molecule has 0 aliphatic rings. The van der Waals surface area contributed by atoms with E-state index in [9.17, 15) is 10.2 Å². The van der Waals surface area contributed by atoms with Crippen LogP contribution in [0.15, 0.2) is 152 Å². The van der Waals surface area contributed by atoms with E-state index in [1.165, 1.54) is 38.4 Å². The first kappa shape index (κ1) is 25.8. The van der Waals surface area contributed by atoms with E-state index in [1.54, 1.807) is 12.1 Å². The number of rotatable bonds is 4. The van der Waals surface area contributed by atoms with Gasteiger partial charge in [0.2, 0.25) is 0 Å². The second-order valence-electron chi connectivity index (χ2n) is 11.1. The third-order valence-electron chi connectivity index (χ3n) is 8.46. The molecule has 8 rings (SSSR count). The van der Waals surface area contributed by atoms with Crippen molar-refractivity contribution >= 4 is 32.3 Å². The summed E-state index contributed by atoms with van der Waals surface area (Å²) in [5.74, 6) is 0.0300. The molecule has 0 atom stereocenters. The fraction of sp³-hybridized carbons (Fsp3) is 0. The second kappa shape index (κ2) is 10.4. The van der Waals surface area contributed by atoms with Crippen molar-refractivity contribution in [1.29, 1.82) is 0 Å². The lowest BCUT2D eigenvalue weighted by molar-refractivity contribution is 0.451. The van der Waals surface area contributed by atoms with Crippen LogP contribution in [-0.2, 0) is 0 Å². The first-order valence-electron chi connectivity index (χ1n) is 14.7. The van der Waals surface area contributed by atoms with Crippen molar-refractivity contribution in [2.24, 2.45) is 0 Å². The molecule has 0 aliphatic heterocycles. The molecule has 3 nitrogen and oxygen atoms in total. The minimum absolute atomic E-state index is 0.0150. The average molecular weight is 566 g/mol. The van der Waals surface area contributed by atoms with E-state index in [0.717, 1.165) is 44.6 Å². The van der Waals surface area contributed by atoms with Crippen LogP contribution >= 0.6 is 0 Å². The van der Waals surface area contributed by atoms with E-state index >= 15 is 0 Å². The Morgan fingerprint density at radius 2 is 0.886 bits per heavy atom. The highest BCUT2D eigenvalue weighted by Crippen LogP contribution is 2.43. The Bertz CT molecular complexity index is 2300. The van der Waals surface area contributed by atoms with Gasteiger partial charge in [-0.15, -0.1) is 0 Å². The summed E-state index contributed by atoms with van der Waals surface area (Å²) in [4.78, 5) is 4.94. The number of hydrogen-bond acceptors (Lipinski definition) is 3. The Kier molecular flexibility index (Phi) is 6.09. The molecule has 0 spiro atoms. The van der Waals surface area contributed by atoms with Gasteiger partial charge < -0.3 is 10.2 Å². The molecular formula is C41H27NO2. The zero-order valence-corrected chi connectivity index (χ0v) is 23.8. The molecule has 8 aromatic rings. The Morgan fingerprint density at radius 3 is 1.55 bits per heavy atom. The van der Waals surface area contributed by atoms with Crippen LogP contribution < -0.4 is 0 Å². The van der Waals surface area contributed by atoms with Crippen molar-refractivity contribution in [2.75, 3.05) is 0 Å². The maximum Gasteiger partial charge on any atom is 0.119 e. The molecular weight excluding hydrogens is 538 g/mol. The Morgan fingerprint density at radius 1 is 0.341 bits per heavy atom. The van der Waals surface area contributed by atoms with Gasteiger partial charge >= 0.3 is 0 Å². The number of nitrogens with zero attached hydrogens (tertiary/aromatic N) is 1. The Labute approximate surface area is 255 Å². The van der Waals surface area contributed by atoms with Gasteiger partial charge in [0.25, 0.3) is 0 Å². The van der Waals surface area contributed by atoms with Crippen LogP contribution in [0.4, 0.5) is 0 Å². The third-order valence-corrected chi connectivity index (χ3v) is 8.46. The predicted molar refractivity (Wildman–Crippen MR) is 182 cm³/mol. The lowest BCUT2D eigenvalue weighted by Crippen LogP contribution is -1.93. The molecule has 0 saturated heterocycles. The number of pyridine rings is 1. The number of phenols is 2. The van der Waals surface area contributed by atoms with Crippen LogP contribution in [0, 0.1) is 0 Å². The van der Waals surface area contributed by atoms with E-state index in [2.05, 4.69) is 91.0 Å². The van der Waals surface area contributed by atoms with Gasteiger partial charge in [0.1, 0.15) is 11.5 Å². The number of fused-ring (bicyclic) bond motifs is 6. The summed E-state index contributed by atoms with van der Waals surface area (Å²) >= 11 is 0. The summed E-state index contributed by atoms with van der Waals surface area (Å²) in [7, 11) is 0. The summed E-state index contributed by atoms with van der Waals surface area (Å²) in [6.45, 7) is 0. The summed E-state index contributed by atoms with van der Waals surface area (Å²) in [5.41, 5.74) is 7.62. The standard InChI is InChI=1S/C41H27NO2/c43-29-20-28(21-30(44)23-29)31-12-4-5-13-32(31)40-25-42-41(26-10-2-1-3-11-26)24-38(40)27-18-19-37-35-16-7-6-14-33(35)34-15-8-9-17-36(34)39(37)22-27/h1-25,43-44H. The monoisotopic (exact) mass is 565 g/mol. The number of aromatic hydroxyl groups is 2. The fourth-order valence-electron chi connectivity index (χ4n) is 6.47. The van der Waals surface area contributed by atoms with Crippen LogP contribution in [0.1, 0.15) is 0 Å². The van der Waals surface area contributed by atoms with Crippen LogP contribution in [0.2, 0.25) is 0 Å². The van der Waals surface area contributed by atoms with Gasteiger partial charge in [-0.05, 0) is 84.4 Å². The number of benzene rings is 7. The largest absolute Gasteiger partial charge is 0.508 e. The van der Waals surface area contributed by atoms with Gasteiger partial charge in [-0.3, -0.25) is 4.98 Å². The predicted octanol–water partition coefficient (Wildman–Crippen LogP) is 10.6. The van der Waals surface area contributed by atoms with Crippen molar-refractivity contribution in [3.05, 3.63) is 152 Å². The van der Waals surface area contributed by atoms with Gasteiger partial charge in [0.15, 0.2) is 0 Å². The topological polar surface area (TPSA) is 53.4 Å². The molecule has 7 aromatic carbocycles. The first-order chi connectivity index (χ1) is 21.6. The van der Waals surface area contributed by atoms with Crippen molar-refractivity contribution in [2.45, 2.75) is 0 Å². The highest BCUT2D eigenvalue weighted by molar-refractivity contribution is 6.25. The fourth-order valence-corrected chi connectivity index (χ4v) is 6.47. The molecule has 1 aromatic heterocycles. The number of aromatic nitrogens is 1. The van der Waals surface area contributed by atoms with Crippen molar-refractivity contribution in [3.8, 4) is 56.1 Å². The van der Waals surface area contributed by atoms with E-state index in [4.69, 9.17) is 4.98 Å². The van der Waals surface area contributed by atoms with E-state index < -0.39 is 0 Å². The molecule has 2 N–H and O–H groups in total. The van der Waals surface area contributed by atoms with Crippen LogP contribution in [-0.4, -0.2) is 15.2 Å². The minimum atomic E-state index is 0.0150. The molecule has 208 valence electrons. The Hall–Kier alpha value is -5.93. The lowest BCUT2D eigenvalue weighted by atomic mass is 9.87. The van der Waals surface area contributed by atoms with Crippen molar-refractivity contribution < 1.29 is 10.2 Å². The molecule has 0 saturated carbocycles. The maximum atomic E-state index is 10.3. The SMILES string of the molecule is Oc1cc(O)cc(-c2ccccc2-c2cnc(-c3ccccc3)cc2-c2ccc3c4ccccc4c4ccccc4c3c2)c1. The van der Waals surface area contributed by atoms with E-state index in [-0.39, 0.29) is 11.5 Å². The van der Waals surface area contributed by atoms with Gasteiger partial charge in [-0.2, -0.15) is 0 Å². The van der Waals surface area contributed by atoms with Crippen LogP contribution in [0.5, 0.6) is 11.5 Å². The van der Waals surface area contributed by atoms with Crippen LogP contribution in [0.25, 0.3) is 77.0 Å². The molecule has 3 heteroatoms. The summed E-state index contributed by atoms with van der Waals surface area (Å²) < 4.78 is 0. The van der Waals surface area contributed by atoms with Gasteiger partial charge in [-0.25, -0.2) is 0 Å². The zero-order chi connectivity index (χ0) is 29.6. The minimum Gasteiger partial charge on any atom is -0.508 e. The van der Waals surface area contributed by atoms with Crippen molar-refractivity contribution in [1.82, 2.24) is 4.98 Å².